The lowest BCUT2D eigenvalue weighted by Crippen LogP contribution is -2.39. The van der Waals surface area contributed by atoms with Gasteiger partial charge in [0.2, 0.25) is 0 Å². The number of nitrogens with zero attached hydrogens (tertiary/aromatic N) is 4. The van der Waals surface area contributed by atoms with E-state index in [0.717, 1.165) is 25.2 Å². The number of piperidine rings is 1. The van der Waals surface area contributed by atoms with Crippen LogP contribution < -0.4 is 0 Å². The molecule has 1 aliphatic heterocycles. The molecule has 1 aromatic carbocycles. The molecule has 3 rings (SSSR count). The molecule has 0 unspecified atom stereocenters. The number of likely N-dealkylation sites (tertiary alicyclic amines) is 1. The van der Waals surface area contributed by atoms with Gasteiger partial charge in [-0.05, 0) is 30.9 Å². The number of aliphatic hydroxyl groups is 1. The predicted octanol–water partition coefficient (Wildman–Crippen LogP) is 1.72. The van der Waals surface area contributed by atoms with Crippen LogP contribution >= 0.6 is 0 Å². The normalized spacial score (nSPS) is 21.3. The molecule has 2 aromatic rings. The molecule has 0 amide bonds. The van der Waals surface area contributed by atoms with E-state index in [4.69, 9.17) is 0 Å². The maximum atomic E-state index is 10.3. The zero-order valence-corrected chi connectivity index (χ0v) is 12.2. The molecule has 112 valence electrons. The molecule has 5 heteroatoms. The molecular weight excluding hydrogens is 264 g/mol. The van der Waals surface area contributed by atoms with E-state index < -0.39 is 6.10 Å². The Hall–Kier alpha value is -1.72. The molecule has 0 radical (unpaired) electrons. The van der Waals surface area contributed by atoms with Gasteiger partial charge in [-0.15, -0.1) is 0 Å². The van der Waals surface area contributed by atoms with Crippen molar-refractivity contribution in [2.75, 3.05) is 19.6 Å². The third kappa shape index (κ3) is 3.89. The van der Waals surface area contributed by atoms with Gasteiger partial charge in [-0.2, -0.15) is 5.10 Å². The summed E-state index contributed by atoms with van der Waals surface area (Å²) >= 11 is 0. The average Bonchev–Trinajstić information content (AvgIpc) is 3.01. The summed E-state index contributed by atoms with van der Waals surface area (Å²) in [4.78, 5) is 6.36. The molecule has 1 aromatic heterocycles. The monoisotopic (exact) mass is 286 g/mol. The van der Waals surface area contributed by atoms with Gasteiger partial charge >= 0.3 is 0 Å². The fraction of sp³-hybridized carbons (Fsp3) is 0.500. The first kappa shape index (κ1) is 14.2. The fourth-order valence-corrected chi connectivity index (χ4v) is 3.08. The first-order valence-electron chi connectivity index (χ1n) is 7.59. The fourth-order valence-electron chi connectivity index (χ4n) is 3.08. The highest BCUT2D eigenvalue weighted by atomic mass is 16.3. The zero-order chi connectivity index (χ0) is 14.5. The topological polar surface area (TPSA) is 54.2 Å². The van der Waals surface area contributed by atoms with Gasteiger partial charge in [-0.25, -0.2) is 4.98 Å². The van der Waals surface area contributed by atoms with Crippen LogP contribution in [0.1, 0.15) is 24.5 Å². The molecule has 2 heterocycles. The van der Waals surface area contributed by atoms with Crippen LogP contribution in [0.4, 0.5) is 0 Å². The standard InChI is InChI=1S/C16H22N4O/c21-16(15-6-2-1-3-7-15)11-19-8-4-5-14(9-19)10-20-13-17-12-18-20/h1-3,6-7,12-14,16,21H,4-5,8-11H2/t14-,16+/m1/s1. The SMILES string of the molecule is O[C@@H](CN1CCC[C@@H](Cn2cncn2)C1)c1ccccc1. The molecule has 0 bridgehead atoms. The Morgan fingerprint density at radius 1 is 1.29 bits per heavy atom. The molecule has 1 fully saturated rings. The zero-order valence-electron chi connectivity index (χ0n) is 12.2. The summed E-state index contributed by atoms with van der Waals surface area (Å²) in [5, 5.41) is 14.5. The molecule has 1 saturated heterocycles. The lowest BCUT2D eigenvalue weighted by Gasteiger charge is -2.33. The van der Waals surface area contributed by atoms with Crippen LogP contribution in [0.5, 0.6) is 0 Å². The second kappa shape index (κ2) is 6.83. The van der Waals surface area contributed by atoms with Crippen LogP contribution in [-0.4, -0.2) is 44.4 Å². The summed E-state index contributed by atoms with van der Waals surface area (Å²) < 4.78 is 1.90. The molecule has 21 heavy (non-hydrogen) atoms. The number of hydrogen-bond donors (Lipinski definition) is 1. The number of hydrogen-bond acceptors (Lipinski definition) is 4. The molecule has 0 saturated carbocycles. The summed E-state index contributed by atoms with van der Waals surface area (Å²) in [5.41, 5.74) is 0.996. The lowest BCUT2D eigenvalue weighted by molar-refractivity contribution is 0.0800. The van der Waals surface area contributed by atoms with Gasteiger partial charge < -0.3 is 10.0 Å². The molecular formula is C16H22N4O. The minimum absolute atomic E-state index is 0.406. The second-order valence-electron chi connectivity index (χ2n) is 5.81. The van der Waals surface area contributed by atoms with Crippen LogP contribution in [0, 0.1) is 5.92 Å². The van der Waals surface area contributed by atoms with E-state index in [1.165, 1.54) is 12.8 Å². The van der Waals surface area contributed by atoms with E-state index in [1.54, 1.807) is 12.7 Å². The molecule has 0 aliphatic carbocycles. The van der Waals surface area contributed by atoms with E-state index in [9.17, 15) is 5.11 Å². The van der Waals surface area contributed by atoms with Gasteiger partial charge in [0.25, 0.3) is 0 Å². The van der Waals surface area contributed by atoms with Crippen molar-refractivity contribution in [1.29, 1.82) is 0 Å². The number of aliphatic hydroxyl groups excluding tert-OH is 1. The van der Waals surface area contributed by atoms with Gasteiger partial charge in [-0.1, -0.05) is 30.3 Å². The highest BCUT2D eigenvalue weighted by molar-refractivity contribution is 5.17. The van der Waals surface area contributed by atoms with Gasteiger partial charge in [0, 0.05) is 19.6 Å². The van der Waals surface area contributed by atoms with Crippen LogP contribution in [0.2, 0.25) is 0 Å². The maximum Gasteiger partial charge on any atom is 0.137 e. The molecule has 2 atom stereocenters. The van der Waals surface area contributed by atoms with Crippen molar-refractivity contribution < 1.29 is 5.11 Å². The van der Waals surface area contributed by atoms with E-state index in [1.807, 2.05) is 35.0 Å². The lowest BCUT2D eigenvalue weighted by atomic mass is 9.97. The summed E-state index contributed by atoms with van der Waals surface area (Å²) in [7, 11) is 0. The minimum Gasteiger partial charge on any atom is -0.387 e. The maximum absolute atomic E-state index is 10.3. The third-order valence-electron chi connectivity index (χ3n) is 4.13. The van der Waals surface area contributed by atoms with Gasteiger partial charge in [0.15, 0.2) is 0 Å². The summed E-state index contributed by atoms with van der Waals surface area (Å²) in [5.74, 6) is 0.587. The van der Waals surface area contributed by atoms with Crippen molar-refractivity contribution >= 4 is 0 Å². The first-order valence-corrected chi connectivity index (χ1v) is 7.59. The van der Waals surface area contributed by atoms with Crippen molar-refractivity contribution in [3.63, 3.8) is 0 Å². The van der Waals surface area contributed by atoms with Crippen molar-refractivity contribution in [3.8, 4) is 0 Å². The van der Waals surface area contributed by atoms with Gasteiger partial charge in [0.1, 0.15) is 12.7 Å². The average molecular weight is 286 g/mol. The van der Waals surface area contributed by atoms with Gasteiger partial charge in [-0.3, -0.25) is 4.68 Å². The van der Waals surface area contributed by atoms with Crippen molar-refractivity contribution in [2.24, 2.45) is 5.92 Å². The van der Waals surface area contributed by atoms with Crippen LogP contribution in [0.3, 0.4) is 0 Å². The van der Waals surface area contributed by atoms with E-state index >= 15 is 0 Å². The smallest absolute Gasteiger partial charge is 0.137 e. The van der Waals surface area contributed by atoms with Crippen LogP contribution in [0.25, 0.3) is 0 Å². The number of benzene rings is 1. The van der Waals surface area contributed by atoms with E-state index in [-0.39, 0.29) is 0 Å². The number of rotatable bonds is 5. The van der Waals surface area contributed by atoms with Crippen LogP contribution in [0.15, 0.2) is 43.0 Å². The Bertz CT molecular complexity index is 528. The third-order valence-corrected chi connectivity index (χ3v) is 4.13. The Balaban J connectivity index is 1.54. The van der Waals surface area contributed by atoms with Crippen molar-refractivity contribution in [1.82, 2.24) is 19.7 Å². The quantitative estimate of drug-likeness (QED) is 0.909. The first-order chi connectivity index (χ1) is 10.3. The summed E-state index contributed by atoms with van der Waals surface area (Å²) in [6, 6.07) is 9.90. The molecule has 0 spiro atoms. The molecule has 1 aliphatic rings. The predicted molar refractivity (Wildman–Crippen MR) is 80.6 cm³/mol. The second-order valence-corrected chi connectivity index (χ2v) is 5.81. The Morgan fingerprint density at radius 2 is 2.14 bits per heavy atom. The molecule has 1 N–H and O–H groups in total. The van der Waals surface area contributed by atoms with Gasteiger partial charge in [0.05, 0.1) is 6.10 Å². The number of aromatic nitrogens is 3. The van der Waals surface area contributed by atoms with Crippen LogP contribution in [-0.2, 0) is 6.54 Å². The highest BCUT2D eigenvalue weighted by Gasteiger charge is 2.22. The largest absolute Gasteiger partial charge is 0.387 e. The Morgan fingerprint density at radius 3 is 2.90 bits per heavy atom. The minimum atomic E-state index is -0.406. The highest BCUT2D eigenvalue weighted by Crippen LogP contribution is 2.21. The Labute approximate surface area is 125 Å². The van der Waals surface area contributed by atoms with Crippen molar-refractivity contribution in [2.45, 2.75) is 25.5 Å². The Kier molecular flexibility index (Phi) is 4.62. The van der Waals surface area contributed by atoms with E-state index in [0.29, 0.717) is 12.5 Å². The van der Waals surface area contributed by atoms with Crippen molar-refractivity contribution in [3.05, 3.63) is 48.5 Å². The van der Waals surface area contributed by atoms with E-state index in [2.05, 4.69) is 15.0 Å². The summed E-state index contributed by atoms with van der Waals surface area (Å²) in [6.45, 7) is 3.71. The molecule has 5 nitrogen and oxygen atoms in total. The number of β-amino-alcohol motifs (C(OH)–C–C–N with tert-alkyl or cyclic N) is 1. The summed E-state index contributed by atoms with van der Waals surface area (Å²) in [6.07, 6.45) is 5.35.